The number of rotatable bonds is 3. The van der Waals surface area contributed by atoms with Crippen molar-refractivity contribution in [2.75, 3.05) is 5.32 Å². The summed E-state index contributed by atoms with van der Waals surface area (Å²) < 4.78 is 47.7. The Morgan fingerprint density at radius 2 is 1.81 bits per heavy atom. The number of aromatic hydroxyl groups is 2. The van der Waals surface area contributed by atoms with Crippen LogP contribution in [0.5, 0.6) is 11.8 Å². The number of alkyl halides is 3. The molecule has 2 aromatic carbocycles. The Bertz CT molecular complexity index is 1430. The molecule has 0 radical (unpaired) electrons. The zero-order valence-corrected chi connectivity index (χ0v) is 19.1. The highest BCUT2D eigenvalue weighted by Crippen LogP contribution is 2.64. The van der Waals surface area contributed by atoms with E-state index in [1.54, 1.807) is 38.1 Å². The number of ether oxygens (including phenoxy) is 1. The summed E-state index contributed by atoms with van der Waals surface area (Å²) in [6, 6.07) is 10.6. The van der Waals surface area contributed by atoms with Gasteiger partial charge in [-0.15, -0.1) is 0 Å². The zero-order chi connectivity index (χ0) is 26.0. The highest BCUT2D eigenvalue weighted by Gasteiger charge is 2.65. The summed E-state index contributed by atoms with van der Waals surface area (Å²) in [5.41, 5.74) is -3.34. The van der Waals surface area contributed by atoms with Crippen LogP contribution < -0.4 is 10.6 Å². The molecule has 1 aromatic heterocycles. The second-order valence-electron chi connectivity index (χ2n) is 9.20. The Morgan fingerprint density at radius 1 is 1.14 bits per heavy atom. The Balaban J connectivity index is 1.54. The molecule has 0 aliphatic carbocycles. The second-order valence-corrected chi connectivity index (χ2v) is 9.20. The molecule has 3 heterocycles. The van der Waals surface area contributed by atoms with Crippen molar-refractivity contribution in [3.05, 3.63) is 76.6 Å². The van der Waals surface area contributed by atoms with Gasteiger partial charge in [0.2, 0.25) is 11.8 Å². The van der Waals surface area contributed by atoms with Crippen molar-refractivity contribution < 1.29 is 32.9 Å². The fraction of sp³-hybridized carbons (Fsp3) is 0.280. The van der Waals surface area contributed by atoms with Crippen LogP contribution in [0.2, 0.25) is 0 Å². The van der Waals surface area contributed by atoms with Crippen molar-refractivity contribution in [1.29, 1.82) is 0 Å². The van der Waals surface area contributed by atoms with E-state index < -0.39 is 52.5 Å². The first-order valence-corrected chi connectivity index (χ1v) is 11.0. The third-order valence-corrected chi connectivity index (χ3v) is 6.84. The Kier molecular flexibility index (Phi) is 5.02. The molecule has 3 atom stereocenters. The lowest BCUT2D eigenvalue weighted by Gasteiger charge is -2.30. The monoisotopic (exact) mass is 498 g/mol. The molecule has 2 bridgehead atoms. The quantitative estimate of drug-likeness (QED) is 0.358. The lowest BCUT2D eigenvalue weighted by Crippen LogP contribution is -2.48. The Hall–Kier alpha value is -4.17. The van der Waals surface area contributed by atoms with Gasteiger partial charge in [0.15, 0.2) is 5.69 Å². The van der Waals surface area contributed by atoms with Gasteiger partial charge in [0, 0.05) is 12.1 Å². The third-order valence-electron chi connectivity index (χ3n) is 6.84. The summed E-state index contributed by atoms with van der Waals surface area (Å²) in [5, 5.41) is 27.8. The maximum atomic E-state index is 13.5. The van der Waals surface area contributed by atoms with Crippen molar-refractivity contribution in [2.45, 2.75) is 43.7 Å². The molecule has 1 saturated heterocycles. The van der Waals surface area contributed by atoms with Gasteiger partial charge in [-0.2, -0.15) is 13.2 Å². The van der Waals surface area contributed by atoms with Gasteiger partial charge in [-0.05, 0) is 38.1 Å². The first kappa shape index (κ1) is 23.6. The number of carbonyl (C=O) groups is 1. The molecule has 1 fully saturated rings. The number of hydrogen-bond donors (Lipinski definition) is 4. The SMILES string of the molecule is [C-]#[N+]c1ccc(-n2c(O)c3c(c2O)C2(C)OC3(C)C[C@@H]2NC(=O)Nc2ccccc2)cc1C(F)(F)F. The number of anilines is 1. The van der Waals surface area contributed by atoms with Gasteiger partial charge in [0.05, 0.1) is 40.6 Å². The molecular formula is C25H21F3N4O4. The minimum absolute atomic E-state index is 0.169. The fourth-order valence-electron chi connectivity index (χ4n) is 5.33. The average Bonchev–Trinajstić information content (AvgIpc) is 3.33. The van der Waals surface area contributed by atoms with Crippen LogP contribution in [-0.4, -0.2) is 26.9 Å². The number of benzene rings is 2. The van der Waals surface area contributed by atoms with Crippen LogP contribution in [-0.2, 0) is 22.1 Å². The Morgan fingerprint density at radius 3 is 2.44 bits per heavy atom. The van der Waals surface area contributed by atoms with Gasteiger partial charge in [-0.3, -0.25) is 4.57 Å². The minimum Gasteiger partial charge on any atom is -0.494 e. The van der Waals surface area contributed by atoms with E-state index in [0.717, 1.165) is 10.6 Å². The summed E-state index contributed by atoms with van der Waals surface area (Å²) >= 11 is 0. The molecule has 2 aliphatic heterocycles. The predicted molar refractivity (Wildman–Crippen MR) is 123 cm³/mol. The van der Waals surface area contributed by atoms with E-state index in [1.807, 2.05) is 6.07 Å². The van der Waals surface area contributed by atoms with Gasteiger partial charge in [0.25, 0.3) is 0 Å². The number of amides is 2. The molecule has 2 amide bonds. The van der Waals surface area contributed by atoms with Gasteiger partial charge < -0.3 is 25.6 Å². The Labute approximate surface area is 203 Å². The first-order valence-electron chi connectivity index (χ1n) is 11.0. The van der Waals surface area contributed by atoms with E-state index in [9.17, 15) is 28.2 Å². The summed E-state index contributed by atoms with van der Waals surface area (Å²) in [6.45, 7) is 10.4. The summed E-state index contributed by atoms with van der Waals surface area (Å²) in [6.07, 6.45) is -4.56. The largest absolute Gasteiger partial charge is 0.494 e. The smallest absolute Gasteiger partial charge is 0.407 e. The van der Waals surface area contributed by atoms with E-state index in [0.29, 0.717) is 11.8 Å². The number of fused-ring (bicyclic) bond motifs is 5. The predicted octanol–water partition coefficient (Wildman–Crippen LogP) is 5.51. The van der Waals surface area contributed by atoms with Crippen molar-refractivity contribution in [3.8, 4) is 17.4 Å². The number of nitrogens with zero attached hydrogens (tertiary/aromatic N) is 2. The molecular weight excluding hydrogens is 477 g/mol. The lowest BCUT2D eigenvalue weighted by atomic mass is 9.76. The van der Waals surface area contributed by atoms with Gasteiger partial charge in [0.1, 0.15) is 5.60 Å². The van der Waals surface area contributed by atoms with Gasteiger partial charge >= 0.3 is 12.2 Å². The maximum absolute atomic E-state index is 13.5. The second kappa shape index (κ2) is 7.66. The molecule has 36 heavy (non-hydrogen) atoms. The number of nitrogens with one attached hydrogen (secondary N) is 2. The fourth-order valence-corrected chi connectivity index (χ4v) is 5.33. The molecule has 0 saturated carbocycles. The van der Waals surface area contributed by atoms with Crippen LogP contribution in [0.1, 0.15) is 37.0 Å². The molecule has 11 heteroatoms. The van der Waals surface area contributed by atoms with E-state index in [1.165, 1.54) is 6.07 Å². The lowest BCUT2D eigenvalue weighted by molar-refractivity contribution is -0.136. The molecule has 4 N–H and O–H groups in total. The number of urea groups is 1. The van der Waals surface area contributed by atoms with Crippen LogP contribution in [0.4, 0.5) is 29.3 Å². The van der Waals surface area contributed by atoms with Crippen LogP contribution in [0.3, 0.4) is 0 Å². The number of carbonyl (C=O) groups excluding carboxylic acids is 1. The van der Waals surface area contributed by atoms with Crippen LogP contribution >= 0.6 is 0 Å². The highest BCUT2D eigenvalue weighted by atomic mass is 19.4. The zero-order valence-electron chi connectivity index (χ0n) is 19.1. The molecule has 5 rings (SSSR count). The molecule has 8 nitrogen and oxygen atoms in total. The molecule has 2 aliphatic rings. The van der Waals surface area contributed by atoms with Gasteiger partial charge in [-0.25, -0.2) is 9.64 Å². The standard InChI is InChI=1S/C25H21F3N4O4/c1-23-12-17(31-22(35)30-13-7-5-4-6-8-13)24(2,36-23)19-18(23)20(33)32(21(19)34)14-9-10-16(29-3)15(11-14)25(26,27)28/h4-11,17,33-34H,12H2,1-2H3,(H2,30,31,35)/t17-,23?,24?/m0/s1. The number of aromatic nitrogens is 1. The maximum Gasteiger partial charge on any atom is 0.407 e. The summed E-state index contributed by atoms with van der Waals surface area (Å²) in [4.78, 5) is 15.6. The highest BCUT2D eigenvalue weighted by molar-refractivity contribution is 5.89. The number of hydrogen-bond acceptors (Lipinski definition) is 4. The van der Waals surface area contributed by atoms with E-state index >= 15 is 0 Å². The van der Waals surface area contributed by atoms with Gasteiger partial charge in [-0.1, -0.05) is 24.3 Å². The summed E-state index contributed by atoms with van der Waals surface area (Å²) in [7, 11) is 0. The summed E-state index contributed by atoms with van der Waals surface area (Å²) in [5.74, 6) is -0.975. The molecule has 2 unspecified atom stereocenters. The van der Waals surface area contributed by atoms with Crippen LogP contribution in [0, 0.1) is 6.57 Å². The van der Waals surface area contributed by atoms with E-state index in [2.05, 4.69) is 15.5 Å². The topological polar surface area (TPSA) is 100 Å². The third kappa shape index (κ3) is 3.37. The van der Waals surface area contributed by atoms with Crippen molar-refractivity contribution in [2.24, 2.45) is 0 Å². The minimum atomic E-state index is -4.81. The van der Waals surface area contributed by atoms with Crippen molar-refractivity contribution in [1.82, 2.24) is 9.88 Å². The molecule has 3 aromatic rings. The van der Waals surface area contributed by atoms with Crippen molar-refractivity contribution >= 4 is 17.4 Å². The number of halogens is 3. The average molecular weight is 498 g/mol. The van der Waals surface area contributed by atoms with Crippen molar-refractivity contribution in [3.63, 3.8) is 0 Å². The number of para-hydroxylation sites is 1. The van der Waals surface area contributed by atoms with Crippen LogP contribution in [0.25, 0.3) is 10.5 Å². The van der Waals surface area contributed by atoms with Crippen LogP contribution in [0.15, 0.2) is 48.5 Å². The molecule has 186 valence electrons. The molecule has 0 spiro atoms. The first-order chi connectivity index (χ1) is 16.9. The normalized spacial score (nSPS) is 24.3. The van der Waals surface area contributed by atoms with E-state index in [-0.39, 0.29) is 23.2 Å². The van der Waals surface area contributed by atoms with E-state index in [4.69, 9.17) is 11.3 Å².